The molecule has 5 aliphatic carbocycles. The maximum absolute atomic E-state index is 2.64. The largest absolute Gasteiger partial charge is 2.00 e. The van der Waals surface area contributed by atoms with Gasteiger partial charge in [-0.3, -0.25) is 0 Å². The van der Waals surface area contributed by atoms with Crippen LogP contribution < -0.4 is 24.8 Å². The standard InChI is InChI=1S/C34H32.2ClH.Zr/c1-33(2)17-16-24-18-25(28-15-14-22-9-6-11-26(22)28)20-34(3,32(24)21-33)31-13-7-12-29-27-10-5-4-8-23(27)19-30(29)31;;;/h4-13,16-18,20-22,28H,14-15,19H2,1-3H3;2*1H;/q;;;+2/p-2. The van der Waals surface area contributed by atoms with E-state index in [-0.39, 0.29) is 61.8 Å². The first-order valence-electron chi connectivity index (χ1n) is 12.9. The molecule has 0 amide bonds. The van der Waals surface area contributed by atoms with E-state index in [0.717, 1.165) is 6.42 Å². The first-order valence-corrected chi connectivity index (χ1v) is 12.9. The molecule has 2 aromatic rings. The van der Waals surface area contributed by atoms with E-state index >= 15 is 0 Å². The zero-order valence-electron chi connectivity index (χ0n) is 21.7. The average Bonchev–Trinajstić information content (AvgIpc) is 3.53. The minimum absolute atomic E-state index is 0. The van der Waals surface area contributed by atoms with Crippen molar-refractivity contribution in [3.8, 4) is 11.1 Å². The predicted octanol–water partition coefficient (Wildman–Crippen LogP) is 2.43. The molecule has 0 aliphatic heterocycles. The maximum Gasteiger partial charge on any atom is 2.00 e. The van der Waals surface area contributed by atoms with Gasteiger partial charge in [0.25, 0.3) is 0 Å². The van der Waals surface area contributed by atoms with Gasteiger partial charge in [0.2, 0.25) is 0 Å². The van der Waals surface area contributed by atoms with E-state index in [0.29, 0.717) is 11.8 Å². The smallest absolute Gasteiger partial charge is 1.00 e. The number of benzene rings is 2. The van der Waals surface area contributed by atoms with Gasteiger partial charge in [0, 0.05) is 16.7 Å². The Morgan fingerprint density at radius 3 is 2.49 bits per heavy atom. The van der Waals surface area contributed by atoms with Crippen molar-refractivity contribution in [2.75, 3.05) is 0 Å². The molecular formula is C34H32Cl2Zr. The number of hydrogen-bond acceptors (Lipinski definition) is 0. The molecule has 3 unspecified atom stereocenters. The zero-order valence-corrected chi connectivity index (χ0v) is 25.7. The van der Waals surface area contributed by atoms with E-state index in [1.807, 2.05) is 0 Å². The van der Waals surface area contributed by atoms with Gasteiger partial charge in [0.1, 0.15) is 0 Å². The van der Waals surface area contributed by atoms with Crippen LogP contribution in [0.2, 0.25) is 0 Å². The second-order valence-electron chi connectivity index (χ2n) is 11.6. The number of rotatable bonds is 2. The van der Waals surface area contributed by atoms with Gasteiger partial charge in [0.15, 0.2) is 0 Å². The van der Waals surface area contributed by atoms with Gasteiger partial charge in [-0.1, -0.05) is 110 Å². The first kappa shape index (κ1) is 28.4. The summed E-state index contributed by atoms with van der Waals surface area (Å²) in [4.78, 5) is 0. The van der Waals surface area contributed by atoms with Crippen LogP contribution in [-0.2, 0) is 38.0 Å². The molecule has 37 heavy (non-hydrogen) atoms. The van der Waals surface area contributed by atoms with Gasteiger partial charge in [-0.2, -0.15) is 0 Å². The fourth-order valence-corrected chi connectivity index (χ4v) is 7.22. The molecule has 1 fully saturated rings. The third-order valence-corrected chi connectivity index (χ3v) is 8.90. The Balaban J connectivity index is 0.00000107. The van der Waals surface area contributed by atoms with E-state index < -0.39 is 0 Å². The van der Waals surface area contributed by atoms with Crippen LogP contribution >= 0.6 is 0 Å². The summed E-state index contributed by atoms with van der Waals surface area (Å²) in [5.41, 5.74) is 13.3. The number of halogens is 2. The van der Waals surface area contributed by atoms with Gasteiger partial charge in [0.05, 0.1) is 0 Å². The van der Waals surface area contributed by atoms with Crippen molar-refractivity contribution in [2.24, 2.45) is 17.3 Å². The minimum Gasteiger partial charge on any atom is -1.00 e. The Bertz CT molecular complexity index is 1430. The normalized spacial score (nSPS) is 27.1. The van der Waals surface area contributed by atoms with Crippen molar-refractivity contribution in [3.05, 3.63) is 130 Å². The third kappa shape index (κ3) is 4.40. The summed E-state index contributed by atoms with van der Waals surface area (Å²) in [7, 11) is 0. The van der Waals surface area contributed by atoms with Crippen LogP contribution in [0.4, 0.5) is 0 Å². The van der Waals surface area contributed by atoms with Crippen LogP contribution in [0.3, 0.4) is 0 Å². The van der Waals surface area contributed by atoms with Crippen LogP contribution in [0.15, 0.2) is 113 Å². The maximum atomic E-state index is 2.64. The molecular weight excluding hydrogens is 571 g/mol. The second kappa shape index (κ2) is 10.1. The van der Waals surface area contributed by atoms with E-state index in [4.69, 9.17) is 0 Å². The number of fused-ring (bicyclic) bond motifs is 5. The topological polar surface area (TPSA) is 0 Å². The van der Waals surface area contributed by atoms with E-state index in [1.165, 1.54) is 57.4 Å². The zero-order chi connectivity index (χ0) is 23.1. The Labute approximate surface area is 253 Å². The molecule has 0 N–H and O–H groups in total. The van der Waals surface area contributed by atoms with Gasteiger partial charge >= 0.3 is 26.2 Å². The molecule has 5 aliphatic rings. The van der Waals surface area contributed by atoms with Crippen LogP contribution in [0.5, 0.6) is 0 Å². The molecule has 0 saturated heterocycles. The third-order valence-electron chi connectivity index (χ3n) is 8.90. The van der Waals surface area contributed by atoms with Crippen LogP contribution in [0.25, 0.3) is 11.1 Å². The Hall–Kier alpha value is -1.66. The van der Waals surface area contributed by atoms with Gasteiger partial charge in [-0.05, 0) is 76.6 Å². The summed E-state index contributed by atoms with van der Waals surface area (Å²) in [6.45, 7) is 7.14. The Morgan fingerprint density at radius 1 is 0.865 bits per heavy atom. The molecule has 0 heterocycles. The molecule has 7 rings (SSSR count). The quantitative estimate of drug-likeness (QED) is 0.423. The SMILES string of the molecule is CC1(C)C=CC2=CC(C3CCC4C=CC=C43)=CC(C)(c3cccc4c3Cc3ccccc3-4)C2=C1.[Cl-].[Cl-].[Zr+2]. The summed E-state index contributed by atoms with van der Waals surface area (Å²) in [5, 5.41) is 0. The van der Waals surface area contributed by atoms with Crippen molar-refractivity contribution in [1.82, 2.24) is 0 Å². The molecule has 0 spiro atoms. The second-order valence-corrected chi connectivity index (χ2v) is 11.6. The fraction of sp³-hybridized carbons (Fsp3) is 0.294. The van der Waals surface area contributed by atoms with Crippen molar-refractivity contribution in [3.63, 3.8) is 0 Å². The molecule has 0 aromatic heterocycles. The molecule has 2 aromatic carbocycles. The summed E-state index contributed by atoms with van der Waals surface area (Å²) < 4.78 is 0. The Kier molecular flexibility index (Phi) is 7.78. The molecule has 3 heteroatoms. The van der Waals surface area contributed by atoms with E-state index in [9.17, 15) is 0 Å². The van der Waals surface area contributed by atoms with E-state index in [1.54, 1.807) is 5.57 Å². The minimum atomic E-state index is -0.139. The summed E-state index contributed by atoms with van der Waals surface area (Å²) in [6.07, 6.45) is 23.1. The monoisotopic (exact) mass is 600 g/mol. The number of allylic oxidation sites excluding steroid dienone is 12. The Morgan fingerprint density at radius 2 is 1.65 bits per heavy atom. The fourth-order valence-electron chi connectivity index (χ4n) is 7.22. The van der Waals surface area contributed by atoms with Crippen LogP contribution in [0, 0.1) is 17.3 Å². The molecule has 0 nitrogen and oxygen atoms in total. The van der Waals surface area contributed by atoms with Crippen molar-refractivity contribution >= 4 is 0 Å². The average molecular weight is 603 g/mol. The van der Waals surface area contributed by atoms with Crippen LogP contribution in [-0.4, -0.2) is 0 Å². The van der Waals surface area contributed by atoms with Crippen molar-refractivity contribution < 1.29 is 51.0 Å². The summed E-state index contributed by atoms with van der Waals surface area (Å²) >= 11 is 0. The van der Waals surface area contributed by atoms with Gasteiger partial charge in [-0.15, -0.1) is 0 Å². The van der Waals surface area contributed by atoms with E-state index in [2.05, 4.69) is 112 Å². The van der Waals surface area contributed by atoms with Gasteiger partial charge in [-0.25, -0.2) is 0 Å². The molecule has 186 valence electrons. The molecule has 1 saturated carbocycles. The molecule has 0 radical (unpaired) electrons. The predicted molar refractivity (Wildman–Crippen MR) is 143 cm³/mol. The van der Waals surface area contributed by atoms with Crippen molar-refractivity contribution in [2.45, 2.75) is 45.4 Å². The summed E-state index contributed by atoms with van der Waals surface area (Å²) in [5.74, 6) is 1.20. The summed E-state index contributed by atoms with van der Waals surface area (Å²) in [6, 6.07) is 16.0. The van der Waals surface area contributed by atoms with Crippen LogP contribution in [0.1, 0.15) is 50.3 Å². The molecule has 3 atom stereocenters. The van der Waals surface area contributed by atoms with Crippen molar-refractivity contribution in [1.29, 1.82) is 0 Å². The molecule has 0 bridgehead atoms. The number of hydrogen-bond donors (Lipinski definition) is 0. The first-order chi connectivity index (χ1) is 16.4. The van der Waals surface area contributed by atoms with Gasteiger partial charge < -0.3 is 24.8 Å².